The summed E-state index contributed by atoms with van der Waals surface area (Å²) in [7, 11) is 0. The topological polar surface area (TPSA) is 74.8 Å². The van der Waals surface area contributed by atoms with Crippen LogP contribution in [-0.2, 0) is 22.6 Å². The van der Waals surface area contributed by atoms with Crippen LogP contribution in [-0.4, -0.2) is 37.1 Å². The van der Waals surface area contributed by atoms with Crippen LogP contribution in [0.25, 0.3) is 22.3 Å². The van der Waals surface area contributed by atoms with Crippen LogP contribution in [0.5, 0.6) is 0 Å². The van der Waals surface area contributed by atoms with Crippen molar-refractivity contribution in [1.82, 2.24) is 24.5 Å². The average molecular weight is 403 g/mol. The minimum absolute atomic E-state index is 0.106. The number of aromatic nitrogens is 5. The molecule has 0 amide bonds. The Labute approximate surface area is 166 Å². The van der Waals surface area contributed by atoms with E-state index in [1.807, 2.05) is 13.8 Å². The van der Waals surface area contributed by atoms with Gasteiger partial charge in [0.25, 0.3) is 6.43 Å². The summed E-state index contributed by atoms with van der Waals surface area (Å²) < 4.78 is 36.2. The maximum absolute atomic E-state index is 14.0. The zero-order valence-corrected chi connectivity index (χ0v) is 16.7. The van der Waals surface area contributed by atoms with Gasteiger partial charge < -0.3 is 4.74 Å². The van der Waals surface area contributed by atoms with Gasteiger partial charge in [0.05, 0.1) is 29.1 Å². The molecule has 1 saturated carbocycles. The van der Waals surface area contributed by atoms with E-state index in [9.17, 15) is 13.6 Å². The van der Waals surface area contributed by atoms with E-state index >= 15 is 0 Å². The fourth-order valence-corrected chi connectivity index (χ4v) is 3.55. The zero-order valence-electron chi connectivity index (χ0n) is 16.7. The fraction of sp³-hybridized carbons (Fsp3) is 0.500. The van der Waals surface area contributed by atoms with Crippen LogP contribution in [0.4, 0.5) is 8.78 Å². The molecule has 0 N–H and O–H groups in total. The Bertz CT molecular complexity index is 1070. The molecule has 0 unspecified atom stereocenters. The highest BCUT2D eigenvalue weighted by Crippen LogP contribution is 2.45. The SMILES string of the molecule is CCOC(=O)Cn1nc(C2CC2)c2c(C(F)F)cc(-c3cn(CC)nc3C)nc21. The number of fused-ring (bicyclic) bond motifs is 1. The number of esters is 1. The van der Waals surface area contributed by atoms with Gasteiger partial charge in [-0.2, -0.15) is 10.2 Å². The van der Waals surface area contributed by atoms with Crippen molar-refractivity contribution in [2.45, 2.75) is 59.0 Å². The molecule has 29 heavy (non-hydrogen) atoms. The van der Waals surface area contributed by atoms with Crippen LogP contribution in [0, 0.1) is 6.92 Å². The Morgan fingerprint density at radius 3 is 2.66 bits per heavy atom. The third kappa shape index (κ3) is 3.61. The minimum Gasteiger partial charge on any atom is -0.465 e. The van der Waals surface area contributed by atoms with Crippen LogP contribution in [0.3, 0.4) is 0 Å². The lowest BCUT2D eigenvalue weighted by Crippen LogP contribution is -2.15. The van der Waals surface area contributed by atoms with Crippen molar-refractivity contribution < 1.29 is 18.3 Å². The second-order valence-corrected chi connectivity index (χ2v) is 7.20. The molecule has 0 aliphatic heterocycles. The zero-order chi connectivity index (χ0) is 20.7. The molecule has 0 atom stereocenters. The molecule has 1 aliphatic rings. The fourth-order valence-electron chi connectivity index (χ4n) is 3.55. The quantitative estimate of drug-likeness (QED) is 0.558. The lowest BCUT2D eigenvalue weighted by atomic mass is 10.0. The smallest absolute Gasteiger partial charge is 0.327 e. The van der Waals surface area contributed by atoms with E-state index in [4.69, 9.17) is 4.74 Å². The van der Waals surface area contributed by atoms with Crippen molar-refractivity contribution >= 4 is 17.0 Å². The van der Waals surface area contributed by atoms with E-state index < -0.39 is 12.4 Å². The van der Waals surface area contributed by atoms with Crippen molar-refractivity contribution in [3.63, 3.8) is 0 Å². The van der Waals surface area contributed by atoms with Gasteiger partial charge in [-0.15, -0.1) is 0 Å². The molecular formula is C20H23F2N5O2. The number of aryl methyl sites for hydroxylation is 2. The number of halogens is 2. The number of nitrogens with zero attached hydrogens (tertiary/aromatic N) is 5. The van der Waals surface area contributed by atoms with Crippen LogP contribution in [0.15, 0.2) is 12.3 Å². The summed E-state index contributed by atoms with van der Waals surface area (Å²) in [5.41, 5.74) is 2.57. The van der Waals surface area contributed by atoms with Crippen LogP contribution >= 0.6 is 0 Å². The summed E-state index contributed by atoms with van der Waals surface area (Å²) in [6, 6.07) is 1.43. The first-order chi connectivity index (χ1) is 13.9. The van der Waals surface area contributed by atoms with Gasteiger partial charge in [0.1, 0.15) is 6.54 Å². The summed E-state index contributed by atoms with van der Waals surface area (Å²) in [5.74, 6) is -0.337. The van der Waals surface area contributed by atoms with Gasteiger partial charge in [0, 0.05) is 29.8 Å². The number of rotatable bonds is 7. The first-order valence-electron chi connectivity index (χ1n) is 9.82. The summed E-state index contributed by atoms with van der Waals surface area (Å²) in [4.78, 5) is 16.7. The summed E-state index contributed by atoms with van der Waals surface area (Å²) in [6.07, 6.45) is 0.919. The molecule has 1 aliphatic carbocycles. The van der Waals surface area contributed by atoms with E-state index in [1.54, 1.807) is 17.8 Å². The third-order valence-electron chi connectivity index (χ3n) is 5.09. The first kappa shape index (κ1) is 19.5. The Hall–Kier alpha value is -2.84. The normalized spacial score (nSPS) is 14.1. The Kier molecular flexibility index (Phi) is 5.06. The number of ether oxygens (including phenoxy) is 1. The predicted molar refractivity (Wildman–Crippen MR) is 103 cm³/mol. The van der Waals surface area contributed by atoms with Gasteiger partial charge >= 0.3 is 5.97 Å². The molecule has 0 bridgehead atoms. The summed E-state index contributed by atoms with van der Waals surface area (Å²) in [6.45, 7) is 6.23. The standard InChI is InChI=1S/C20H23F2N5O2/c1-4-26-9-14(11(3)24-26)15-8-13(19(21)22)17-18(12-6-7-12)25-27(20(17)23-15)10-16(28)29-5-2/h8-9,12,19H,4-7,10H2,1-3H3. The molecule has 3 aromatic heterocycles. The summed E-state index contributed by atoms with van der Waals surface area (Å²) >= 11 is 0. The highest BCUT2D eigenvalue weighted by molar-refractivity contribution is 5.87. The van der Waals surface area contributed by atoms with Gasteiger partial charge in [-0.1, -0.05) is 0 Å². The Balaban J connectivity index is 1.93. The largest absolute Gasteiger partial charge is 0.465 e. The van der Waals surface area contributed by atoms with E-state index in [-0.39, 0.29) is 30.3 Å². The Morgan fingerprint density at radius 2 is 2.07 bits per heavy atom. The molecule has 0 saturated heterocycles. The van der Waals surface area contributed by atoms with Crippen molar-refractivity contribution in [3.8, 4) is 11.3 Å². The summed E-state index contributed by atoms with van der Waals surface area (Å²) in [5, 5.41) is 9.24. The van der Waals surface area contributed by atoms with Gasteiger partial charge in [0.15, 0.2) is 5.65 Å². The van der Waals surface area contributed by atoms with Crippen LogP contribution in [0.1, 0.15) is 56.0 Å². The molecule has 154 valence electrons. The molecule has 0 spiro atoms. The number of hydrogen-bond donors (Lipinski definition) is 0. The first-order valence-corrected chi connectivity index (χ1v) is 9.82. The number of hydrogen-bond acceptors (Lipinski definition) is 5. The average Bonchev–Trinajstić information content (AvgIpc) is 3.37. The molecule has 1 fully saturated rings. The second-order valence-electron chi connectivity index (χ2n) is 7.20. The lowest BCUT2D eigenvalue weighted by Gasteiger charge is -2.08. The highest BCUT2D eigenvalue weighted by atomic mass is 19.3. The predicted octanol–water partition coefficient (Wildman–Crippen LogP) is 4.00. The maximum Gasteiger partial charge on any atom is 0.327 e. The number of alkyl halides is 2. The van der Waals surface area contributed by atoms with Crippen LogP contribution < -0.4 is 0 Å². The van der Waals surface area contributed by atoms with E-state index in [0.717, 1.165) is 12.8 Å². The molecule has 0 aromatic carbocycles. The molecule has 3 heterocycles. The van der Waals surface area contributed by atoms with E-state index in [0.29, 0.717) is 34.6 Å². The van der Waals surface area contributed by atoms with E-state index in [2.05, 4.69) is 15.2 Å². The van der Waals surface area contributed by atoms with Gasteiger partial charge in [-0.05, 0) is 39.7 Å². The second kappa shape index (κ2) is 7.53. The Morgan fingerprint density at radius 1 is 1.31 bits per heavy atom. The number of carbonyl (C=O) groups is 1. The van der Waals surface area contributed by atoms with Crippen LogP contribution in [0.2, 0.25) is 0 Å². The monoisotopic (exact) mass is 403 g/mol. The van der Waals surface area contributed by atoms with Gasteiger partial charge in [-0.3, -0.25) is 9.48 Å². The molecule has 0 radical (unpaired) electrons. The van der Waals surface area contributed by atoms with E-state index in [1.165, 1.54) is 10.7 Å². The number of pyridine rings is 1. The molecule has 3 aromatic rings. The highest BCUT2D eigenvalue weighted by Gasteiger charge is 2.33. The minimum atomic E-state index is -2.68. The molecule has 7 nitrogen and oxygen atoms in total. The van der Waals surface area contributed by atoms with Gasteiger partial charge in [-0.25, -0.2) is 18.4 Å². The van der Waals surface area contributed by atoms with Crippen molar-refractivity contribution in [1.29, 1.82) is 0 Å². The lowest BCUT2D eigenvalue weighted by molar-refractivity contribution is -0.143. The molecule has 9 heteroatoms. The molecule has 4 rings (SSSR count). The van der Waals surface area contributed by atoms with Crippen molar-refractivity contribution in [2.75, 3.05) is 6.61 Å². The molecular weight excluding hydrogens is 380 g/mol. The maximum atomic E-state index is 14.0. The van der Waals surface area contributed by atoms with Crippen molar-refractivity contribution in [3.05, 3.63) is 29.2 Å². The van der Waals surface area contributed by atoms with Gasteiger partial charge in [0.2, 0.25) is 0 Å². The number of carbonyl (C=O) groups excluding carboxylic acids is 1. The van der Waals surface area contributed by atoms with Crippen molar-refractivity contribution in [2.24, 2.45) is 0 Å². The third-order valence-corrected chi connectivity index (χ3v) is 5.09.